The Hall–Kier alpha value is -2.35. The van der Waals surface area contributed by atoms with Crippen LogP contribution in [0.3, 0.4) is 0 Å². The Labute approximate surface area is 184 Å². The van der Waals surface area contributed by atoms with Gasteiger partial charge >= 0.3 is 5.56 Å². The summed E-state index contributed by atoms with van der Waals surface area (Å²) < 4.78 is 30.5. The quantitative estimate of drug-likeness (QED) is 0.528. The average Bonchev–Trinajstić information content (AvgIpc) is 2.68. The van der Waals surface area contributed by atoms with Crippen molar-refractivity contribution in [2.75, 3.05) is 12.9 Å². The minimum atomic E-state index is -3.33. The number of aromatic nitrogens is 2. The van der Waals surface area contributed by atoms with Gasteiger partial charge in [0.25, 0.3) is 0 Å². The van der Waals surface area contributed by atoms with Crippen molar-refractivity contribution in [2.24, 2.45) is 5.92 Å². The molecule has 0 fully saturated rings. The molecule has 3 aromatic rings. The number of nitrogens with zero attached hydrogens (tertiary/aromatic N) is 2. The zero-order chi connectivity index (χ0) is 22.1. The third-order valence-electron chi connectivity index (χ3n) is 4.24. The van der Waals surface area contributed by atoms with Gasteiger partial charge in [-0.25, -0.2) is 8.42 Å². The molecule has 3 rings (SSSR count). The van der Waals surface area contributed by atoms with Crippen LogP contribution in [0.25, 0.3) is 16.8 Å². The minimum absolute atomic E-state index is 0.122. The molecule has 0 aliphatic heterocycles. The van der Waals surface area contributed by atoms with Crippen LogP contribution in [0.4, 0.5) is 0 Å². The van der Waals surface area contributed by atoms with E-state index in [4.69, 9.17) is 27.9 Å². The highest BCUT2D eigenvalue weighted by molar-refractivity contribution is 7.90. The number of hydrogen-bond donors (Lipinski definition) is 0. The van der Waals surface area contributed by atoms with Crippen LogP contribution < -0.4 is 10.3 Å². The summed E-state index contributed by atoms with van der Waals surface area (Å²) in [6.07, 6.45) is 2.65. The Bertz CT molecular complexity index is 1240. The average molecular weight is 467 g/mol. The molecule has 1 aromatic heterocycles. The van der Waals surface area contributed by atoms with Crippen LogP contribution in [-0.4, -0.2) is 31.1 Å². The number of halogens is 2. The molecule has 0 atom stereocenters. The van der Waals surface area contributed by atoms with Gasteiger partial charge in [-0.15, -0.1) is 0 Å². The Morgan fingerprint density at radius 3 is 2.30 bits per heavy atom. The maximum atomic E-state index is 13.2. The molecular formula is C21H20Cl2N2O4S. The molecule has 6 nitrogen and oxygen atoms in total. The van der Waals surface area contributed by atoms with E-state index in [0.717, 1.165) is 6.26 Å². The van der Waals surface area contributed by atoms with Gasteiger partial charge in [0.1, 0.15) is 0 Å². The molecule has 0 N–H and O–H groups in total. The van der Waals surface area contributed by atoms with Gasteiger partial charge in [-0.05, 0) is 41.8 Å². The van der Waals surface area contributed by atoms with E-state index in [9.17, 15) is 13.2 Å². The van der Waals surface area contributed by atoms with Crippen molar-refractivity contribution < 1.29 is 13.2 Å². The Balaban J connectivity index is 2.14. The lowest BCUT2D eigenvalue weighted by Gasteiger charge is -2.15. The highest BCUT2D eigenvalue weighted by atomic mass is 35.5. The van der Waals surface area contributed by atoms with Crippen molar-refractivity contribution >= 4 is 33.0 Å². The van der Waals surface area contributed by atoms with Crippen molar-refractivity contribution in [1.29, 1.82) is 0 Å². The van der Waals surface area contributed by atoms with E-state index in [1.165, 1.54) is 23.0 Å². The molecule has 2 aromatic carbocycles. The lowest BCUT2D eigenvalue weighted by molar-refractivity contribution is 0.267. The highest BCUT2D eigenvalue weighted by Gasteiger charge is 2.17. The summed E-state index contributed by atoms with van der Waals surface area (Å²) in [5, 5.41) is 4.93. The van der Waals surface area contributed by atoms with E-state index in [-0.39, 0.29) is 16.6 Å². The summed E-state index contributed by atoms with van der Waals surface area (Å²) in [6.45, 7) is 4.27. The van der Waals surface area contributed by atoms with Crippen molar-refractivity contribution in [3.05, 3.63) is 69.1 Å². The van der Waals surface area contributed by atoms with Gasteiger partial charge in [0.2, 0.25) is 0 Å². The van der Waals surface area contributed by atoms with E-state index < -0.39 is 15.4 Å². The molecule has 0 amide bonds. The van der Waals surface area contributed by atoms with Crippen LogP contribution in [0.2, 0.25) is 10.0 Å². The van der Waals surface area contributed by atoms with Crippen LogP contribution in [0.15, 0.2) is 58.4 Å². The molecular weight excluding hydrogens is 447 g/mol. The molecule has 30 heavy (non-hydrogen) atoms. The zero-order valence-corrected chi connectivity index (χ0v) is 18.9. The second-order valence-electron chi connectivity index (χ2n) is 7.20. The van der Waals surface area contributed by atoms with Crippen molar-refractivity contribution in [3.8, 4) is 22.6 Å². The first-order chi connectivity index (χ1) is 14.1. The smallest absolute Gasteiger partial charge is 0.314 e. The van der Waals surface area contributed by atoms with Crippen LogP contribution >= 0.6 is 23.2 Å². The number of ether oxygens (including phenoxy) is 1. The molecule has 9 heteroatoms. The lowest BCUT2D eigenvalue weighted by atomic mass is 10.1. The summed E-state index contributed by atoms with van der Waals surface area (Å²) in [4.78, 5) is 13.4. The van der Waals surface area contributed by atoms with Crippen molar-refractivity contribution in [1.82, 2.24) is 9.78 Å². The lowest BCUT2D eigenvalue weighted by Crippen LogP contribution is -2.24. The van der Waals surface area contributed by atoms with Gasteiger partial charge in [0.15, 0.2) is 15.6 Å². The van der Waals surface area contributed by atoms with Crippen LogP contribution in [0.1, 0.15) is 13.8 Å². The topological polar surface area (TPSA) is 78.3 Å². The summed E-state index contributed by atoms with van der Waals surface area (Å²) >= 11 is 12.0. The third-order valence-corrected chi connectivity index (χ3v) is 6.10. The fourth-order valence-electron chi connectivity index (χ4n) is 2.72. The number of hydrogen-bond acceptors (Lipinski definition) is 5. The Morgan fingerprint density at radius 1 is 1.07 bits per heavy atom. The third kappa shape index (κ3) is 4.86. The molecule has 0 saturated heterocycles. The molecule has 0 spiro atoms. The monoisotopic (exact) mass is 466 g/mol. The number of benzene rings is 2. The predicted octanol–water partition coefficient (Wildman–Crippen LogP) is 4.64. The fraction of sp³-hybridized carbons (Fsp3) is 0.238. The molecule has 0 bridgehead atoms. The van der Waals surface area contributed by atoms with Gasteiger partial charge in [-0.3, -0.25) is 4.79 Å². The number of sulfone groups is 1. The maximum Gasteiger partial charge on any atom is 0.314 e. The van der Waals surface area contributed by atoms with Crippen LogP contribution in [-0.2, 0) is 9.84 Å². The van der Waals surface area contributed by atoms with Gasteiger partial charge in [-0.1, -0.05) is 49.2 Å². The Morgan fingerprint density at radius 2 is 1.73 bits per heavy atom. The molecule has 0 aliphatic rings. The van der Waals surface area contributed by atoms with E-state index >= 15 is 0 Å². The van der Waals surface area contributed by atoms with Gasteiger partial charge < -0.3 is 4.74 Å². The van der Waals surface area contributed by atoms with Crippen LogP contribution in [0, 0.1) is 5.92 Å². The SMILES string of the molecule is CC(C)COc1c(-c2ccc(S(C)(=O)=O)cc2)cnn(-c2ccc(Cl)c(Cl)c2)c1=O. The van der Waals surface area contributed by atoms with Crippen molar-refractivity contribution in [3.63, 3.8) is 0 Å². The van der Waals surface area contributed by atoms with E-state index in [0.29, 0.717) is 33.5 Å². The number of rotatable bonds is 6. The molecule has 0 saturated carbocycles. The van der Waals surface area contributed by atoms with E-state index in [2.05, 4.69) is 5.10 Å². The fourth-order valence-corrected chi connectivity index (χ4v) is 3.64. The molecule has 0 aliphatic carbocycles. The largest absolute Gasteiger partial charge is 0.487 e. The predicted molar refractivity (Wildman–Crippen MR) is 119 cm³/mol. The normalized spacial score (nSPS) is 11.7. The molecule has 0 radical (unpaired) electrons. The first-order valence-corrected chi connectivity index (χ1v) is 11.7. The summed E-state index contributed by atoms with van der Waals surface area (Å²) in [5.41, 5.74) is 1.07. The summed E-state index contributed by atoms with van der Waals surface area (Å²) in [7, 11) is -3.33. The van der Waals surface area contributed by atoms with E-state index in [1.807, 2.05) is 13.8 Å². The Kier molecular flexibility index (Phi) is 6.55. The first-order valence-electron chi connectivity index (χ1n) is 9.09. The van der Waals surface area contributed by atoms with Gasteiger partial charge in [0, 0.05) is 11.8 Å². The summed E-state index contributed by atoms with van der Waals surface area (Å²) in [6, 6.07) is 11.0. The van der Waals surface area contributed by atoms with E-state index in [1.54, 1.807) is 30.3 Å². The van der Waals surface area contributed by atoms with Gasteiger partial charge in [-0.2, -0.15) is 9.78 Å². The first kappa shape index (κ1) is 22.3. The second-order valence-corrected chi connectivity index (χ2v) is 10.0. The second kappa shape index (κ2) is 8.79. The standard InChI is InChI=1S/C21H20Cl2N2O4S/c1-13(2)12-29-20-17(14-4-7-16(8-5-14)30(3,27)28)11-24-25(21(20)26)15-6-9-18(22)19(23)10-15/h4-11,13H,12H2,1-3H3. The molecule has 0 unspecified atom stereocenters. The van der Waals surface area contributed by atoms with Gasteiger partial charge in [0.05, 0.1) is 33.4 Å². The van der Waals surface area contributed by atoms with Crippen molar-refractivity contribution in [2.45, 2.75) is 18.7 Å². The molecule has 158 valence electrons. The highest BCUT2D eigenvalue weighted by Crippen LogP contribution is 2.29. The minimum Gasteiger partial charge on any atom is -0.487 e. The molecule has 1 heterocycles. The summed E-state index contributed by atoms with van der Waals surface area (Å²) in [5.74, 6) is 0.313. The van der Waals surface area contributed by atoms with Crippen LogP contribution in [0.5, 0.6) is 5.75 Å². The zero-order valence-electron chi connectivity index (χ0n) is 16.6. The maximum absolute atomic E-state index is 13.2.